The Labute approximate surface area is 122 Å². The first kappa shape index (κ1) is 19.0. The molecule has 0 aliphatic heterocycles. The molecule has 0 spiro atoms. The Morgan fingerprint density at radius 3 is 1.79 bits per heavy atom. The van der Waals surface area contributed by atoms with Crippen molar-refractivity contribution in [2.45, 2.75) is 99.5 Å². The molecule has 0 rings (SSSR count). The summed E-state index contributed by atoms with van der Waals surface area (Å²) in [5, 5.41) is 11.3. The Morgan fingerprint density at radius 2 is 1.42 bits per heavy atom. The molecule has 1 nitrogen and oxygen atoms in total. The van der Waals surface area contributed by atoms with Crippen LogP contribution in [0.1, 0.15) is 93.9 Å². The van der Waals surface area contributed by atoms with E-state index < -0.39 is 5.60 Å². The molecule has 0 saturated heterocycles. The van der Waals surface area contributed by atoms with E-state index in [1.165, 1.54) is 19.3 Å². The van der Waals surface area contributed by atoms with Crippen molar-refractivity contribution in [3.63, 3.8) is 0 Å². The van der Waals surface area contributed by atoms with Crippen LogP contribution in [0.3, 0.4) is 0 Å². The van der Waals surface area contributed by atoms with Crippen LogP contribution in [0.4, 0.5) is 0 Å². The predicted molar refractivity (Wildman–Crippen MR) is 86.4 cm³/mol. The first-order valence-corrected chi connectivity index (χ1v) is 8.16. The third kappa shape index (κ3) is 6.29. The Kier molecular flexibility index (Phi) is 7.09. The van der Waals surface area contributed by atoms with E-state index in [2.05, 4.69) is 55.4 Å². The molecule has 2 unspecified atom stereocenters. The van der Waals surface area contributed by atoms with E-state index >= 15 is 0 Å². The van der Waals surface area contributed by atoms with E-state index in [9.17, 15) is 5.11 Å². The second-order valence-corrected chi connectivity index (χ2v) is 8.65. The van der Waals surface area contributed by atoms with Crippen LogP contribution in [0.5, 0.6) is 0 Å². The Bertz CT molecular complexity index is 243. The maximum Gasteiger partial charge on any atom is 0.0721 e. The molecule has 0 fully saturated rings. The standard InChI is InChI=1S/C18H38O/c1-9-10-11-12-13-18(19,17(6,7)8)15(2)14-16(3,4)5/h15,19H,9-14H2,1-8H3. The number of hydrogen-bond donors (Lipinski definition) is 1. The van der Waals surface area contributed by atoms with Gasteiger partial charge in [0.05, 0.1) is 5.60 Å². The summed E-state index contributed by atoms with van der Waals surface area (Å²) < 4.78 is 0. The Balaban J connectivity index is 4.78. The molecule has 0 aliphatic rings. The van der Waals surface area contributed by atoms with Crippen molar-refractivity contribution in [1.82, 2.24) is 0 Å². The lowest BCUT2D eigenvalue weighted by Crippen LogP contribution is -2.49. The molecule has 0 amide bonds. The van der Waals surface area contributed by atoms with Gasteiger partial charge in [0.2, 0.25) is 0 Å². The molecule has 0 saturated carbocycles. The highest BCUT2D eigenvalue weighted by molar-refractivity contribution is 4.95. The molecule has 0 aliphatic carbocycles. The highest BCUT2D eigenvalue weighted by Crippen LogP contribution is 2.44. The van der Waals surface area contributed by atoms with Crippen LogP contribution in [0.2, 0.25) is 0 Å². The smallest absolute Gasteiger partial charge is 0.0721 e. The second kappa shape index (κ2) is 7.11. The Morgan fingerprint density at radius 1 is 0.895 bits per heavy atom. The summed E-state index contributed by atoms with van der Waals surface area (Å²) in [6.45, 7) is 17.8. The third-order valence-electron chi connectivity index (χ3n) is 4.44. The molecule has 116 valence electrons. The number of aliphatic hydroxyl groups is 1. The molecule has 0 bridgehead atoms. The fraction of sp³-hybridized carbons (Fsp3) is 1.00. The summed E-state index contributed by atoms with van der Waals surface area (Å²) in [5.41, 5.74) is -0.319. The molecular weight excluding hydrogens is 232 g/mol. The van der Waals surface area contributed by atoms with Crippen molar-refractivity contribution in [1.29, 1.82) is 0 Å². The lowest BCUT2D eigenvalue weighted by atomic mass is 9.63. The largest absolute Gasteiger partial charge is 0.389 e. The highest BCUT2D eigenvalue weighted by Gasteiger charge is 2.44. The average molecular weight is 271 g/mol. The highest BCUT2D eigenvalue weighted by atomic mass is 16.3. The van der Waals surface area contributed by atoms with Gasteiger partial charge in [-0.3, -0.25) is 0 Å². The zero-order valence-corrected chi connectivity index (χ0v) is 14.8. The van der Waals surface area contributed by atoms with E-state index in [4.69, 9.17) is 0 Å². The lowest BCUT2D eigenvalue weighted by Gasteiger charge is -2.47. The minimum absolute atomic E-state index is 0.0517. The lowest BCUT2D eigenvalue weighted by molar-refractivity contribution is -0.115. The van der Waals surface area contributed by atoms with Crippen molar-refractivity contribution in [3.8, 4) is 0 Å². The minimum atomic E-state index is -0.548. The van der Waals surface area contributed by atoms with Gasteiger partial charge < -0.3 is 5.11 Å². The molecule has 0 aromatic heterocycles. The van der Waals surface area contributed by atoms with Crippen LogP contribution in [-0.2, 0) is 0 Å². The third-order valence-corrected chi connectivity index (χ3v) is 4.44. The predicted octanol–water partition coefficient (Wildman–Crippen LogP) is 5.81. The normalized spacial score (nSPS) is 18.2. The quantitative estimate of drug-likeness (QED) is 0.579. The molecule has 2 atom stereocenters. The summed E-state index contributed by atoms with van der Waals surface area (Å²) >= 11 is 0. The molecule has 0 aromatic carbocycles. The van der Waals surface area contributed by atoms with E-state index in [1.807, 2.05) is 0 Å². The zero-order valence-electron chi connectivity index (χ0n) is 14.8. The van der Waals surface area contributed by atoms with Gasteiger partial charge >= 0.3 is 0 Å². The summed E-state index contributed by atoms with van der Waals surface area (Å²) in [7, 11) is 0. The summed E-state index contributed by atoms with van der Waals surface area (Å²) in [6.07, 6.45) is 6.95. The van der Waals surface area contributed by atoms with Gasteiger partial charge in [0.25, 0.3) is 0 Å². The number of rotatable bonds is 7. The van der Waals surface area contributed by atoms with Gasteiger partial charge in [-0.15, -0.1) is 0 Å². The summed E-state index contributed by atoms with van der Waals surface area (Å²) in [4.78, 5) is 0. The van der Waals surface area contributed by atoms with Crippen LogP contribution in [0.25, 0.3) is 0 Å². The van der Waals surface area contributed by atoms with Crippen molar-refractivity contribution in [2.75, 3.05) is 0 Å². The van der Waals surface area contributed by atoms with E-state index in [0.29, 0.717) is 5.92 Å². The van der Waals surface area contributed by atoms with Gasteiger partial charge in [-0.25, -0.2) is 0 Å². The van der Waals surface area contributed by atoms with E-state index in [-0.39, 0.29) is 10.8 Å². The molecule has 1 heteroatoms. The van der Waals surface area contributed by atoms with Crippen molar-refractivity contribution < 1.29 is 5.11 Å². The monoisotopic (exact) mass is 270 g/mol. The average Bonchev–Trinajstić information content (AvgIpc) is 2.19. The van der Waals surface area contributed by atoms with E-state index in [0.717, 1.165) is 19.3 Å². The summed E-state index contributed by atoms with van der Waals surface area (Å²) in [5.74, 6) is 0.342. The van der Waals surface area contributed by atoms with Crippen molar-refractivity contribution >= 4 is 0 Å². The fourth-order valence-electron chi connectivity index (χ4n) is 3.27. The SMILES string of the molecule is CCCCCCC(O)(C(C)CC(C)(C)C)C(C)(C)C. The maximum atomic E-state index is 11.3. The maximum absolute atomic E-state index is 11.3. The molecule has 0 heterocycles. The van der Waals surface area contributed by atoms with Gasteiger partial charge in [0.15, 0.2) is 0 Å². The summed E-state index contributed by atoms with van der Waals surface area (Å²) in [6, 6.07) is 0. The van der Waals surface area contributed by atoms with Crippen LogP contribution < -0.4 is 0 Å². The van der Waals surface area contributed by atoms with Crippen LogP contribution in [0.15, 0.2) is 0 Å². The zero-order chi connectivity index (χ0) is 15.3. The molecule has 1 N–H and O–H groups in total. The van der Waals surface area contributed by atoms with Crippen LogP contribution in [-0.4, -0.2) is 10.7 Å². The molecule has 0 radical (unpaired) electrons. The minimum Gasteiger partial charge on any atom is -0.389 e. The fourth-order valence-corrected chi connectivity index (χ4v) is 3.27. The number of hydrogen-bond acceptors (Lipinski definition) is 1. The first-order chi connectivity index (χ1) is 8.44. The van der Waals surface area contributed by atoms with Crippen molar-refractivity contribution in [2.24, 2.45) is 16.7 Å². The van der Waals surface area contributed by atoms with E-state index in [1.54, 1.807) is 0 Å². The molecule has 19 heavy (non-hydrogen) atoms. The van der Waals surface area contributed by atoms with Gasteiger partial charge in [-0.1, -0.05) is 81.1 Å². The number of unbranched alkanes of at least 4 members (excludes halogenated alkanes) is 3. The topological polar surface area (TPSA) is 20.2 Å². The van der Waals surface area contributed by atoms with Crippen LogP contribution in [0, 0.1) is 16.7 Å². The molecular formula is C18H38O. The molecule has 0 aromatic rings. The van der Waals surface area contributed by atoms with Gasteiger partial charge in [0, 0.05) is 0 Å². The first-order valence-electron chi connectivity index (χ1n) is 8.16. The van der Waals surface area contributed by atoms with Crippen molar-refractivity contribution in [3.05, 3.63) is 0 Å². The second-order valence-electron chi connectivity index (χ2n) is 8.65. The van der Waals surface area contributed by atoms with Gasteiger partial charge in [-0.2, -0.15) is 0 Å². The van der Waals surface area contributed by atoms with Gasteiger partial charge in [0.1, 0.15) is 0 Å². The van der Waals surface area contributed by atoms with Crippen LogP contribution >= 0.6 is 0 Å². The van der Waals surface area contributed by atoms with Gasteiger partial charge in [-0.05, 0) is 29.6 Å². The Hall–Kier alpha value is -0.0400.